The molecule has 2 aromatic carbocycles. The van der Waals surface area contributed by atoms with Crippen LogP contribution in [0.2, 0.25) is 0 Å². The van der Waals surface area contributed by atoms with Gasteiger partial charge in [-0.15, -0.1) is 23.5 Å². The molecule has 0 spiro atoms. The smallest absolute Gasteiger partial charge is 0.0162 e. The molecule has 2 aromatic rings. The van der Waals surface area contributed by atoms with Crippen molar-refractivity contribution in [3.63, 3.8) is 0 Å². The molecule has 27 heavy (non-hydrogen) atoms. The second-order valence-electron chi connectivity index (χ2n) is 7.64. The van der Waals surface area contributed by atoms with Gasteiger partial charge in [-0.1, -0.05) is 83.9 Å². The first-order valence-corrected chi connectivity index (χ1v) is 13.2. The predicted molar refractivity (Wildman–Crippen MR) is 128 cm³/mol. The molecule has 2 heteroatoms. The third-order valence-electron chi connectivity index (χ3n) is 5.58. The molecule has 0 fully saturated rings. The molecular weight excluding hydrogens is 364 g/mol. The zero-order valence-corrected chi connectivity index (χ0v) is 19.5. The first-order valence-electron chi connectivity index (χ1n) is 11.0. The van der Waals surface area contributed by atoms with E-state index in [1.165, 1.54) is 84.1 Å². The maximum Gasteiger partial charge on any atom is 0.0162 e. The highest BCUT2D eigenvalue weighted by atomic mass is 32.2. The topological polar surface area (TPSA) is 0 Å². The van der Waals surface area contributed by atoms with Gasteiger partial charge in [-0.05, 0) is 53.9 Å². The van der Waals surface area contributed by atoms with Gasteiger partial charge in [-0.2, -0.15) is 0 Å². The van der Waals surface area contributed by atoms with Gasteiger partial charge in [-0.3, -0.25) is 0 Å². The molecule has 0 saturated carbocycles. The summed E-state index contributed by atoms with van der Waals surface area (Å²) in [4.78, 5) is 2.92. The average Bonchev–Trinajstić information content (AvgIpc) is 2.71. The second-order valence-corrected chi connectivity index (χ2v) is 9.62. The van der Waals surface area contributed by atoms with E-state index in [1.54, 1.807) is 5.56 Å². The first kappa shape index (κ1) is 22.7. The Balaban J connectivity index is 2.26. The van der Waals surface area contributed by atoms with Crippen LogP contribution in [0.3, 0.4) is 0 Å². The van der Waals surface area contributed by atoms with Crippen molar-refractivity contribution in [1.82, 2.24) is 0 Å². The number of benzene rings is 2. The van der Waals surface area contributed by atoms with Gasteiger partial charge < -0.3 is 0 Å². The molecular formula is C25H38S2. The van der Waals surface area contributed by atoms with E-state index in [-0.39, 0.29) is 0 Å². The van der Waals surface area contributed by atoms with Crippen molar-refractivity contribution in [2.45, 2.75) is 88.3 Å². The first-order chi connectivity index (χ1) is 13.2. The minimum Gasteiger partial charge on any atom is -0.129 e. The van der Waals surface area contributed by atoms with E-state index in [0.29, 0.717) is 0 Å². The summed E-state index contributed by atoms with van der Waals surface area (Å²) in [5.41, 5.74) is 1.55. The van der Waals surface area contributed by atoms with Crippen molar-refractivity contribution < 1.29 is 0 Å². The summed E-state index contributed by atoms with van der Waals surface area (Å²) >= 11 is 3.96. The van der Waals surface area contributed by atoms with Crippen molar-refractivity contribution in [2.24, 2.45) is 5.92 Å². The molecule has 0 radical (unpaired) electrons. The van der Waals surface area contributed by atoms with Crippen LogP contribution in [0, 0.1) is 5.92 Å². The van der Waals surface area contributed by atoms with Crippen LogP contribution in [-0.2, 0) is 6.42 Å². The average molecular weight is 403 g/mol. The van der Waals surface area contributed by atoms with Crippen LogP contribution in [-0.4, -0.2) is 12.0 Å². The van der Waals surface area contributed by atoms with E-state index in [9.17, 15) is 0 Å². The van der Waals surface area contributed by atoms with E-state index in [4.69, 9.17) is 0 Å². The molecule has 2 rings (SSSR count). The van der Waals surface area contributed by atoms with Crippen LogP contribution < -0.4 is 0 Å². The lowest BCUT2D eigenvalue weighted by Gasteiger charge is -2.18. The molecule has 1 atom stereocenters. The normalized spacial score (nSPS) is 12.6. The fourth-order valence-corrected chi connectivity index (χ4v) is 5.64. The number of fused-ring (bicyclic) bond motifs is 1. The fourth-order valence-electron chi connectivity index (χ4n) is 3.84. The largest absolute Gasteiger partial charge is 0.129 e. The molecule has 0 bridgehead atoms. The molecule has 150 valence electrons. The molecule has 0 aromatic heterocycles. The monoisotopic (exact) mass is 402 g/mol. The molecule has 0 aliphatic rings. The lowest BCUT2D eigenvalue weighted by molar-refractivity contribution is 0.450. The molecule has 1 unspecified atom stereocenters. The lowest BCUT2D eigenvalue weighted by Crippen LogP contribution is -2.04. The minimum atomic E-state index is 0.818. The number of unbranched alkanes of at least 4 members (excludes halogenated alkanes) is 4. The zero-order chi connectivity index (χ0) is 19.5. The highest BCUT2D eigenvalue weighted by molar-refractivity contribution is 8.00. The molecule has 0 aliphatic heterocycles. The number of rotatable bonds is 13. The van der Waals surface area contributed by atoms with Crippen LogP contribution >= 0.6 is 23.5 Å². The van der Waals surface area contributed by atoms with Crippen LogP contribution in [0.5, 0.6) is 0 Å². The zero-order valence-electron chi connectivity index (χ0n) is 17.9. The van der Waals surface area contributed by atoms with Crippen molar-refractivity contribution >= 4 is 34.3 Å². The van der Waals surface area contributed by atoms with E-state index in [1.807, 2.05) is 11.8 Å². The van der Waals surface area contributed by atoms with Crippen molar-refractivity contribution in [3.05, 3.63) is 35.9 Å². The van der Waals surface area contributed by atoms with E-state index >= 15 is 0 Å². The lowest BCUT2D eigenvalue weighted by atomic mass is 9.90. The minimum absolute atomic E-state index is 0.818. The highest BCUT2D eigenvalue weighted by Gasteiger charge is 2.14. The standard InChI is InChI=1S/C25H38S2/c1-5-8-10-11-18-27-24-17-16-21(19-20(7-3)13-9-6-2)22-14-12-15-23(26-4)25(22)24/h12,14-17,20H,5-11,13,18-19H2,1-4H3. The van der Waals surface area contributed by atoms with Gasteiger partial charge in [0.25, 0.3) is 0 Å². The van der Waals surface area contributed by atoms with Gasteiger partial charge >= 0.3 is 0 Å². The number of hydrogen-bond acceptors (Lipinski definition) is 2. The Bertz CT molecular complexity index is 677. The summed E-state index contributed by atoms with van der Waals surface area (Å²) in [6.07, 6.45) is 14.1. The summed E-state index contributed by atoms with van der Waals surface area (Å²) in [5.74, 6) is 2.06. The van der Waals surface area contributed by atoms with Crippen molar-refractivity contribution in [2.75, 3.05) is 12.0 Å². The summed E-state index contributed by atoms with van der Waals surface area (Å²) in [6, 6.07) is 11.7. The Hall–Kier alpha value is -0.600. The van der Waals surface area contributed by atoms with Crippen molar-refractivity contribution in [1.29, 1.82) is 0 Å². The molecule has 0 N–H and O–H groups in total. The summed E-state index contributed by atoms with van der Waals surface area (Å²) < 4.78 is 0. The molecule has 0 amide bonds. The Morgan fingerprint density at radius 2 is 1.67 bits per heavy atom. The Kier molecular flexibility index (Phi) is 10.7. The quantitative estimate of drug-likeness (QED) is 0.242. The van der Waals surface area contributed by atoms with Crippen LogP contribution in [0.1, 0.15) is 77.7 Å². The van der Waals surface area contributed by atoms with E-state index < -0.39 is 0 Å². The third-order valence-corrected chi connectivity index (χ3v) is 7.51. The Labute approximate surface area is 176 Å². The van der Waals surface area contributed by atoms with Crippen LogP contribution in [0.4, 0.5) is 0 Å². The Morgan fingerprint density at radius 1 is 0.852 bits per heavy atom. The van der Waals surface area contributed by atoms with Gasteiger partial charge in [0, 0.05) is 15.2 Å². The van der Waals surface area contributed by atoms with Gasteiger partial charge in [0.2, 0.25) is 0 Å². The van der Waals surface area contributed by atoms with E-state index in [0.717, 1.165) is 5.92 Å². The number of hydrogen-bond donors (Lipinski definition) is 0. The van der Waals surface area contributed by atoms with Crippen molar-refractivity contribution in [3.8, 4) is 0 Å². The SMILES string of the molecule is CCCCCCSc1ccc(CC(CC)CCCC)c2cccc(SC)c12. The fraction of sp³-hybridized carbons (Fsp3) is 0.600. The Morgan fingerprint density at radius 3 is 2.37 bits per heavy atom. The van der Waals surface area contributed by atoms with Gasteiger partial charge in [0.15, 0.2) is 0 Å². The summed E-state index contributed by atoms with van der Waals surface area (Å²) in [6.45, 7) is 6.95. The summed E-state index contributed by atoms with van der Waals surface area (Å²) in [5, 5.41) is 3.00. The summed E-state index contributed by atoms with van der Waals surface area (Å²) in [7, 11) is 0. The third kappa shape index (κ3) is 6.75. The molecule has 0 heterocycles. The molecule has 0 saturated heterocycles. The molecule has 0 nitrogen and oxygen atoms in total. The van der Waals surface area contributed by atoms with E-state index in [2.05, 4.69) is 69.1 Å². The van der Waals surface area contributed by atoms with Gasteiger partial charge in [-0.25, -0.2) is 0 Å². The highest BCUT2D eigenvalue weighted by Crippen LogP contribution is 2.38. The van der Waals surface area contributed by atoms with Crippen LogP contribution in [0.25, 0.3) is 10.8 Å². The predicted octanol–water partition coefficient (Wildman–Crippen LogP) is 8.99. The maximum absolute atomic E-state index is 2.43. The number of thioether (sulfide) groups is 2. The van der Waals surface area contributed by atoms with Crippen LogP contribution in [0.15, 0.2) is 40.1 Å². The molecule has 0 aliphatic carbocycles. The second kappa shape index (κ2) is 12.8. The maximum atomic E-state index is 2.43. The van der Waals surface area contributed by atoms with Gasteiger partial charge in [0.05, 0.1) is 0 Å². The van der Waals surface area contributed by atoms with Gasteiger partial charge in [0.1, 0.15) is 0 Å².